The summed E-state index contributed by atoms with van der Waals surface area (Å²) in [5, 5.41) is 9.91. The minimum absolute atomic E-state index is 0.757. The Morgan fingerprint density at radius 3 is 2.62 bits per heavy atom. The van der Waals surface area contributed by atoms with Crippen LogP contribution in [-0.2, 0) is 5.60 Å². The lowest BCUT2D eigenvalue weighted by molar-refractivity contribution is 0.0785. The van der Waals surface area contributed by atoms with Crippen LogP contribution in [0.1, 0.15) is 45.6 Å². The fraction of sp³-hybridized carbons (Fsp3) is 0.667. The average Bonchev–Trinajstić information content (AvgIpc) is 2.43. The first-order chi connectivity index (χ1) is 9.95. The van der Waals surface area contributed by atoms with E-state index in [2.05, 4.69) is 11.8 Å². The summed E-state index contributed by atoms with van der Waals surface area (Å²) in [5.41, 5.74) is 0.126. The highest BCUT2D eigenvalue weighted by molar-refractivity contribution is 5.30. The van der Waals surface area contributed by atoms with Gasteiger partial charge < -0.3 is 14.7 Å². The van der Waals surface area contributed by atoms with Gasteiger partial charge in [-0.05, 0) is 63.3 Å². The van der Waals surface area contributed by atoms with Crippen LogP contribution in [0.25, 0.3) is 0 Å². The monoisotopic (exact) mass is 291 g/mol. The molecule has 0 saturated carbocycles. The Morgan fingerprint density at radius 1 is 1.29 bits per heavy atom. The van der Waals surface area contributed by atoms with Crippen LogP contribution in [0, 0.1) is 5.92 Å². The van der Waals surface area contributed by atoms with Crippen molar-refractivity contribution < 1.29 is 9.84 Å². The van der Waals surface area contributed by atoms with Gasteiger partial charge in [0.15, 0.2) is 0 Å². The van der Waals surface area contributed by atoms with Gasteiger partial charge in [0.05, 0.1) is 12.2 Å². The third kappa shape index (κ3) is 5.33. The number of benzene rings is 1. The Kier molecular flexibility index (Phi) is 5.65. The number of hydrogen-bond acceptors (Lipinski definition) is 3. The van der Waals surface area contributed by atoms with Gasteiger partial charge in [-0.15, -0.1) is 0 Å². The topological polar surface area (TPSA) is 32.7 Å². The van der Waals surface area contributed by atoms with Gasteiger partial charge in [-0.2, -0.15) is 0 Å². The summed E-state index contributed by atoms with van der Waals surface area (Å²) >= 11 is 0. The summed E-state index contributed by atoms with van der Waals surface area (Å²) in [6, 6.07) is 7.75. The van der Waals surface area contributed by atoms with Crippen molar-refractivity contribution >= 4 is 0 Å². The molecule has 1 saturated heterocycles. The molecule has 0 bridgehead atoms. The van der Waals surface area contributed by atoms with Gasteiger partial charge in [0.2, 0.25) is 0 Å². The maximum absolute atomic E-state index is 9.91. The summed E-state index contributed by atoms with van der Waals surface area (Å²) in [6.45, 7) is 10.3. The summed E-state index contributed by atoms with van der Waals surface area (Å²) < 4.78 is 5.78. The van der Waals surface area contributed by atoms with Crippen LogP contribution < -0.4 is 4.74 Å². The standard InChI is InChI=1S/C18H29NO2/c1-15-6-4-11-19(14-15)12-5-13-21-17-9-7-16(8-10-17)18(2,3)20/h7-10,15,20H,4-6,11-14H2,1-3H3/t15-/m1/s1. The van der Waals surface area contributed by atoms with Crippen molar-refractivity contribution in [3.8, 4) is 5.75 Å². The molecule has 0 aliphatic carbocycles. The molecule has 0 radical (unpaired) electrons. The molecule has 21 heavy (non-hydrogen) atoms. The zero-order chi connectivity index (χ0) is 15.3. The fourth-order valence-corrected chi connectivity index (χ4v) is 2.93. The first-order valence-corrected chi connectivity index (χ1v) is 8.13. The third-order valence-electron chi connectivity index (χ3n) is 4.19. The molecule has 1 atom stereocenters. The highest BCUT2D eigenvalue weighted by atomic mass is 16.5. The summed E-state index contributed by atoms with van der Waals surface area (Å²) in [6.07, 6.45) is 3.78. The molecule has 1 heterocycles. The smallest absolute Gasteiger partial charge is 0.119 e. The predicted octanol–water partition coefficient (Wildman–Crippen LogP) is 3.41. The molecule has 0 aromatic heterocycles. The van der Waals surface area contributed by atoms with Crippen LogP contribution in [0.3, 0.4) is 0 Å². The van der Waals surface area contributed by atoms with E-state index in [1.54, 1.807) is 13.8 Å². The van der Waals surface area contributed by atoms with Crippen molar-refractivity contribution in [2.45, 2.75) is 45.6 Å². The SMILES string of the molecule is C[C@@H]1CCCN(CCCOc2ccc(C(C)(C)O)cc2)C1. The van der Waals surface area contributed by atoms with Gasteiger partial charge in [0.1, 0.15) is 5.75 Å². The van der Waals surface area contributed by atoms with E-state index in [0.717, 1.165) is 36.8 Å². The van der Waals surface area contributed by atoms with Gasteiger partial charge in [-0.3, -0.25) is 0 Å². The Bertz CT molecular complexity index is 422. The molecular formula is C18H29NO2. The van der Waals surface area contributed by atoms with Crippen molar-refractivity contribution in [2.24, 2.45) is 5.92 Å². The van der Waals surface area contributed by atoms with Crippen molar-refractivity contribution in [1.82, 2.24) is 4.90 Å². The van der Waals surface area contributed by atoms with E-state index in [1.165, 1.54) is 25.9 Å². The molecule has 118 valence electrons. The molecular weight excluding hydrogens is 262 g/mol. The number of ether oxygens (including phenoxy) is 1. The van der Waals surface area contributed by atoms with Crippen LogP contribution in [0.4, 0.5) is 0 Å². The van der Waals surface area contributed by atoms with Gasteiger partial charge >= 0.3 is 0 Å². The number of piperidine rings is 1. The third-order valence-corrected chi connectivity index (χ3v) is 4.19. The lowest BCUT2D eigenvalue weighted by atomic mass is 9.99. The molecule has 1 fully saturated rings. The Labute approximate surface area is 128 Å². The van der Waals surface area contributed by atoms with Crippen LogP contribution in [-0.4, -0.2) is 36.2 Å². The van der Waals surface area contributed by atoms with Crippen molar-refractivity contribution in [1.29, 1.82) is 0 Å². The largest absolute Gasteiger partial charge is 0.494 e. The molecule has 1 aromatic rings. The van der Waals surface area contributed by atoms with E-state index >= 15 is 0 Å². The molecule has 1 aliphatic rings. The maximum Gasteiger partial charge on any atom is 0.119 e. The molecule has 3 heteroatoms. The summed E-state index contributed by atoms with van der Waals surface area (Å²) in [4.78, 5) is 2.55. The molecule has 1 N–H and O–H groups in total. The number of likely N-dealkylation sites (tertiary alicyclic amines) is 1. The fourth-order valence-electron chi connectivity index (χ4n) is 2.93. The Hall–Kier alpha value is -1.06. The number of rotatable bonds is 6. The average molecular weight is 291 g/mol. The van der Waals surface area contributed by atoms with E-state index in [-0.39, 0.29) is 0 Å². The number of aliphatic hydroxyl groups is 1. The second-order valence-corrected chi connectivity index (χ2v) is 6.83. The minimum Gasteiger partial charge on any atom is -0.494 e. The normalized spacial score (nSPS) is 20.5. The van der Waals surface area contributed by atoms with Gasteiger partial charge in [-0.25, -0.2) is 0 Å². The van der Waals surface area contributed by atoms with E-state index in [0.29, 0.717) is 0 Å². The predicted molar refractivity (Wildman–Crippen MR) is 86.6 cm³/mol. The minimum atomic E-state index is -0.788. The van der Waals surface area contributed by atoms with Gasteiger partial charge in [0.25, 0.3) is 0 Å². The number of hydrogen-bond donors (Lipinski definition) is 1. The molecule has 2 rings (SSSR count). The van der Waals surface area contributed by atoms with E-state index in [4.69, 9.17) is 4.74 Å². The second kappa shape index (κ2) is 7.28. The first-order valence-electron chi connectivity index (χ1n) is 8.13. The highest BCUT2D eigenvalue weighted by Gasteiger charge is 2.16. The lowest BCUT2D eigenvalue weighted by Crippen LogP contribution is -2.35. The van der Waals surface area contributed by atoms with E-state index in [9.17, 15) is 5.11 Å². The molecule has 0 spiro atoms. The lowest BCUT2D eigenvalue weighted by Gasteiger charge is -2.30. The first kappa shape index (κ1) is 16.3. The molecule has 3 nitrogen and oxygen atoms in total. The molecule has 1 aliphatic heterocycles. The van der Waals surface area contributed by atoms with Crippen LogP contribution >= 0.6 is 0 Å². The quantitative estimate of drug-likeness (QED) is 0.815. The second-order valence-electron chi connectivity index (χ2n) is 6.83. The zero-order valence-corrected chi connectivity index (χ0v) is 13.6. The van der Waals surface area contributed by atoms with E-state index in [1.807, 2.05) is 24.3 Å². The van der Waals surface area contributed by atoms with Crippen LogP contribution in [0.2, 0.25) is 0 Å². The van der Waals surface area contributed by atoms with Crippen LogP contribution in [0.5, 0.6) is 5.75 Å². The summed E-state index contributed by atoms with van der Waals surface area (Å²) in [7, 11) is 0. The van der Waals surface area contributed by atoms with Gasteiger partial charge in [0, 0.05) is 13.1 Å². The summed E-state index contributed by atoms with van der Waals surface area (Å²) in [5.74, 6) is 1.73. The van der Waals surface area contributed by atoms with Crippen molar-refractivity contribution in [3.63, 3.8) is 0 Å². The van der Waals surface area contributed by atoms with Crippen LogP contribution in [0.15, 0.2) is 24.3 Å². The molecule has 0 amide bonds. The maximum atomic E-state index is 9.91. The van der Waals surface area contributed by atoms with E-state index < -0.39 is 5.60 Å². The zero-order valence-electron chi connectivity index (χ0n) is 13.6. The molecule has 0 unspecified atom stereocenters. The Morgan fingerprint density at radius 2 is 2.00 bits per heavy atom. The van der Waals surface area contributed by atoms with Gasteiger partial charge in [-0.1, -0.05) is 19.1 Å². The molecule has 1 aromatic carbocycles. The van der Waals surface area contributed by atoms with Crippen molar-refractivity contribution in [3.05, 3.63) is 29.8 Å². The Balaban J connectivity index is 1.69. The highest BCUT2D eigenvalue weighted by Crippen LogP contribution is 2.22. The van der Waals surface area contributed by atoms with Crippen molar-refractivity contribution in [2.75, 3.05) is 26.2 Å². The number of nitrogens with zero attached hydrogens (tertiary/aromatic N) is 1.